The Labute approximate surface area is 132 Å². The Bertz CT molecular complexity index is 673. The van der Waals surface area contributed by atoms with Gasteiger partial charge in [-0.1, -0.05) is 6.92 Å². The van der Waals surface area contributed by atoms with Gasteiger partial charge in [-0.25, -0.2) is 14.4 Å². The van der Waals surface area contributed by atoms with Crippen molar-refractivity contribution in [2.24, 2.45) is 0 Å². The highest BCUT2D eigenvalue weighted by molar-refractivity contribution is 9.10. The second-order valence-corrected chi connectivity index (χ2v) is 6.08. The zero-order valence-corrected chi connectivity index (χ0v) is 13.5. The molecule has 0 fully saturated rings. The highest BCUT2D eigenvalue weighted by atomic mass is 79.9. The number of nitrogens with one attached hydrogen (secondary N) is 1. The first-order valence-corrected chi connectivity index (χ1v) is 8.07. The number of aryl methyl sites for hydroxylation is 1. The van der Waals surface area contributed by atoms with Crippen LogP contribution >= 0.6 is 15.9 Å². The Hall–Kier alpha value is -1.49. The molecule has 3 rings (SSSR count). The molecule has 1 N–H and O–H groups in total. The third-order valence-corrected chi connectivity index (χ3v) is 4.30. The first kappa shape index (κ1) is 14.4. The third kappa shape index (κ3) is 2.93. The van der Waals surface area contributed by atoms with Crippen LogP contribution in [-0.4, -0.2) is 16.5 Å². The fourth-order valence-corrected chi connectivity index (χ4v) is 2.83. The Morgan fingerprint density at radius 1 is 1.29 bits per heavy atom. The summed E-state index contributed by atoms with van der Waals surface area (Å²) in [6.07, 6.45) is 4.16. The molecule has 1 aromatic heterocycles. The van der Waals surface area contributed by atoms with Gasteiger partial charge in [-0.05, 0) is 59.8 Å². The van der Waals surface area contributed by atoms with Crippen molar-refractivity contribution in [1.29, 1.82) is 0 Å². The minimum Gasteiger partial charge on any atom is -0.370 e. The average Bonchev–Trinajstić information content (AvgIpc) is 2.96. The first-order valence-electron chi connectivity index (χ1n) is 7.28. The van der Waals surface area contributed by atoms with E-state index in [1.54, 1.807) is 6.07 Å². The number of benzene rings is 1. The van der Waals surface area contributed by atoms with Crippen molar-refractivity contribution in [1.82, 2.24) is 9.97 Å². The van der Waals surface area contributed by atoms with E-state index in [0.717, 1.165) is 43.7 Å². The lowest BCUT2D eigenvalue weighted by atomic mass is 10.1. The maximum Gasteiger partial charge on any atom is 0.161 e. The standard InChI is InChI=1S/C16H17BrFN3/c1-2-8-19-16-11-4-3-5-14(11)20-15(21-16)10-6-7-12(17)13(18)9-10/h6-7,9H,2-5,8H2,1H3,(H,19,20,21). The van der Waals surface area contributed by atoms with Crippen molar-refractivity contribution in [2.75, 3.05) is 11.9 Å². The summed E-state index contributed by atoms with van der Waals surface area (Å²) < 4.78 is 14.2. The lowest BCUT2D eigenvalue weighted by Gasteiger charge is -2.12. The van der Waals surface area contributed by atoms with Gasteiger partial charge in [0, 0.05) is 23.4 Å². The fourth-order valence-electron chi connectivity index (χ4n) is 2.59. The van der Waals surface area contributed by atoms with Gasteiger partial charge in [0.25, 0.3) is 0 Å². The third-order valence-electron chi connectivity index (χ3n) is 3.65. The molecule has 5 heteroatoms. The molecule has 2 aromatic rings. The first-order chi connectivity index (χ1) is 10.2. The van der Waals surface area contributed by atoms with E-state index < -0.39 is 0 Å². The van der Waals surface area contributed by atoms with Crippen LogP contribution in [0.4, 0.5) is 10.2 Å². The van der Waals surface area contributed by atoms with Gasteiger partial charge in [-0.3, -0.25) is 0 Å². The van der Waals surface area contributed by atoms with Crippen molar-refractivity contribution >= 4 is 21.7 Å². The van der Waals surface area contributed by atoms with Crippen LogP contribution in [0, 0.1) is 5.82 Å². The highest BCUT2D eigenvalue weighted by Gasteiger charge is 2.20. The number of anilines is 1. The molecule has 0 atom stereocenters. The van der Waals surface area contributed by atoms with E-state index in [4.69, 9.17) is 0 Å². The van der Waals surface area contributed by atoms with Gasteiger partial charge in [0.1, 0.15) is 11.6 Å². The quantitative estimate of drug-likeness (QED) is 0.891. The molecule has 0 saturated carbocycles. The molecule has 1 aliphatic carbocycles. The number of hydrogen-bond donors (Lipinski definition) is 1. The van der Waals surface area contributed by atoms with Gasteiger partial charge in [-0.15, -0.1) is 0 Å². The molecule has 0 amide bonds. The highest BCUT2D eigenvalue weighted by Crippen LogP contribution is 2.30. The van der Waals surface area contributed by atoms with Crippen LogP contribution < -0.4 is 5.32 Å². The number of nitrogens with zero attached hydrogens (tertiary/aromatic N) is 2. The lowest BCUT2D eigenvalue weighted by molar-refractivity contribution is 0.621. The maximum atomic E-state index is 13.7. The summed E-state index contributed by atoms with van der Waals surface area (Å²) in [5, 5.41) is 3.38. The molecule has 1 heterocycles. The number of fused-ring (bicyclic) bond motifs is 1. The van der Waals surface area contributed by atoms with Crippen LogP contribution in [0.1, 0.15) is 31.0 Å². The Balaban J connectivity index is 2.04. The zero-order chi connectivity index (χ0) is 14.8. The maximum absolute atomic E-state index is 13.7. The minimum absolute atomic E-state index is 0.292. The van der Waals surface area contributed by atoms with E-state index in [1.165, 1.54) is 11.6 Å². The van der Waals surface area contributed by atoms with E-state index in [2.05, 4.69) is 38.1 Å². The molecule has 1 aliphatic rings. The Kier molecular flexibility index (Phi) is 4.19. The van der Waals surface area contributed by atoms with E-state index in [-0.39, 0.29) is 5.82 Å². The number of rotatable bonds is 4. The summed E-state index contributed by atoms with van der Waals surface area (Å²) in [6.45, 7) is 3.01. The predicted molar refractivity (Wildman–Crippen MR) is 85.9 cm³/mol. The SMILES string of the molecule is CCCNc1nc(-c2ccc(Br)c(F)c2)nc2c1CCC2. The second-order valence-electron chi connectivity index (χ2n) is 5.23. The fraction of sp³-hybridized carbons (Fsp3) is 0.375. The van der Waals surface area contributed by atoms with Crippen LogP contribution in [0.15, 0.2) is 22.7 Å². The van der Waals surface area contributed by atoms with Gasteiger partial charge in [-0.2, -0.15) is 0 Å². The predicted octanol–water partition coefficient (Wildman–Crippen LogP) is 4.36. The molecule has 0 bridgehead atoms. The van der Waals surface area contributed by atoms with Crippen LogP contribution in [0.25, 0.3) is 11.4 Å². The van der Waals surface area contributed by atoms with Gasteiger partial charge >= 0.3 is 0 Å². The molecule has 0 unspecified atom stereocenters. The molecule has 1 aromatic carbocycles. The van der Waals surface area contributed by atoms with Crippen LogP contribution in [0.2, 0.25) is 0 Å². The molecule has 0 saturated heterocycles. The molecule has 110 valence electrons. The van der Waals surface area contributed by atoms with Gasteiger partial charge in [0.2, 0.25) is 0 Å². The van der Waals surface area contributed by atoms with Gasteiger partial charge < -0.3 is 5.32 Å². The summed E-state index contributed by atoms with van der Waals surface area (Å²) in [6, 6.07) is 5.01. The van der Waals surface area contributed by atoms with E-state index in [0.29, 0.717) is 15.9 Å². The molecule has 0 spiro atoms. The minimum atomic E-state index is -0.292. The van der Waals surface area contributed by atoms with E-state index in [1.807, 2.05) is 6.07 Å². The monoisotopic (exact) mass is 349 g/mol. The number of hydrogen-bond acceptors (Lipinski definition) is 3. The topological polar surface area (TPSA) is 37.8 Å². The molecule has 21 heavy (non-hydrogen) atoms. The molecular weight excluding hydrogens is 333 g/mol. The zero-order valence-electron chi connectivity index (χ0n) is 11.9. The number of aromatic nitrogens is 2. The largest absolute Gasteiger partial charge is 0.370 e. The van der Waals surface area contributed by atoms with E-state index >= 15 is 0 Å². The lowest BCUT2D eigenvalue weighted by Crippen LogP contribution is -2.08. The van der Waals surface area contributed by atoms with Crippen LogP contribution in [0.5, 0.6) is 0 Å². The summed E-state index contributed by atoms with van der Waals surface area (Å²) in [7, 11) is 0. The normalized spacial score (nSPS) is 13.3. The molecule has 0 aliphatic heterocycles. The van der Waals surface area contributed by atoms with Gasteiger partial charge in [0.05, 0.1) is 4.47 Å². The summed E-state index contributed by atoms with van der Waals surface area (Å²) in [5.41, 5.74) is 3.04. The van der Waals surface area contributed by atoms with Crippen molar-refractivity contribution in [3.05, 3.63) is 39.7 Å². The van der Waals surface area contributed by atoms with Crippen molar-refractivity contribution in [3.63, 3.8) is 0 Å². The van der Waals surface area contributed by atoms with Gasteiger partial charge in [0.15, 0.2) is 5.82 Å². The molecule has 0 radical (unpaired) electrons. The Morgan fingerprint density at radius 3 is 2.90 bits per heavy atom. The van der Waals surface area contributed by atoms with Crippen LogP contribution in [0.3, 0.4) is 0 Å². The molecular formula is C16H17BrFN3. The average molecular weight is 350 g/mol. The van der Waals surface area contributed by atoms with Crippen molar-refractivity contribution < 1.29 is 4.39 Å². The smallest absolute Gasteiger partial charge is 0.161 e. The van der Waals surface area contributed by atoms with Crippen molar-refractivity contribution in [2.45, 2.75) is 32.6 Å². The molecule has 3 nitrogen and oxygen atoms in total. The summed E-state index contributed by atoms with van der Waals surface area (Å²) >= 11 is 3.17. The second kappa shape index (κ2) is 6.10. The summed E-state index contributed by atoms with van der Waals surface area (Å²) in [5.74, 6) is 1.22. The van der Waals surface area contributed by atoms with Crippen LogP contribution in [-0.2, 0) is 12.8 Å². The summed E-state index contributed by atoms with van der Waals surface area (Å²) in [4.78, 5) is 9.25. The van der Waals surface area contributed by atoms with Crippen molar-refractivity contribution in [3.8, 4) is 11.4 Å². The van der Waals surface area contributed by atoms with E-state index in [9.17, 15) is 4.39 Å². The number of halogens is 2. The Morgan fingerprint density at radius 2 is 2.14 bits per heavy atom.